The van der Waals surface area contributed by atoms with Gasteiger partial charge in [0.2, 0.25) is 11.8 Å². The maximum Gasteiger partial charge on any atom is 0.408 e. The van der Waals surface area contributed by atoms with E-state index < -0.39 is 29.6 Å². The van der Waals surface area contributed by atoms with Gasteiger partial charge in [0.1, 0.15) is 23.9 Å². The highest BCUT2D eigenvalue weighted by molar-refractivity contribution is 5.91. The van der Waals surface area contributed by atoms with E-state index in [1.54, 1.807) is 45.9 Å². The minimum absolute atomic E-state index is 0.0291. The van der Waals surface area contributed by atoms with Crippen molar-refractivity contribution in [1.29, 1.82) is 0 Å². The number of amides is 3. The highest BCUT2D eigenvalue weighted by atomic mass is 16.6. The van der Waals surface area contributed by atoms with E-state index in [1.807, 2.05) is 37.3 Å². The largest absolute Gasteiger partial charge is 0.507 e. The third-order valence-corrected chi connectivity index (χ3v) is 5.89. The zero-order valence-electron chi connectivity index (χ0n) is 21.0. The zero-order valence-corrected chi connectivity index (χ0v) is 21.0. The number of alkyl carbamates (subject to hydrolysis) is 1. The number of ether oxygens (including phenoxy) is 1. The van der Waals surface area contributed by atoms with E-state index in [9.17, 15) is 19.5 Å². The molecule has 0 aliphatic heterocycles. The topological polar surface area (TPSA) is 108 Å². The fraction of sp³-hybridized carbons (Fsp3) is 0.444. The van der Waals surface area contributed by atoms with Crippen LogP contribution in [-0.2, 0) is 20.9 Å². The predicted molar refractivity (Wildman–Crippen MR) is 133 cm³/mol. The van der Waals surface area contributed by atoms with Crippen LogP contribution in [0.15, 0.2) is 48.5 Å². The van der Waals surface area contributed by atoms with Gasteiger partial charge in [0.25, 0.3) is 0 Å². The number of phenols is 1. The second-order valence-corrected chi connectivity index (χ2v) is 10.1. The Bertz CT molecular complexity index is 1060. The lowest BCUT2D eigenvalue weighted by Gasteiger charge is -2.33. The van der Waals surface area contributed by atoms with E-state index in [0.29, 0.717) is 11.1 Å². The molecule has 3 rings (SSSR count). The third-order valence-electron chi connectivity index (χ3n) is 5.89. The van der Waals surface area contributed by atoms with E-state index in [2.05, 4.69) is 10.6 Å². The van der Waals surface area contributed by atoms with Crippen LogP contribution < -0.4 is 10.6 Å². The lowest BCUT2D eigenvalue weighted by Crippen LogP contribution is -2.49. The molecule has 3 unspecified atom stereocenters. The van der Waals surface area contributed by atoms with Crippen molar-refractivity contribution in [2.45, 2.75) is 65.3 Å². The molecule has 0 saturated heterocycles. The molecule has 0 spiro atoms. The number of hydrogen-bond acceptors (Lipinski definition) is 5. The average molecular weight is 482 g/mol. The molecule has 3 atom stereocenters. The van der Waals surface area contributed by atoms with Crippen molar-refractivity contribution in [1.82, 2.24) is 15.5 Å². The lowest BCUT2D eigenvalue weighted by atomic mass is 9.99. The van der Waals surface area contributed by atoms with Gasteiger partial charge in [-0.15, -0.1) is 0 Å². The summed E-state index contributed by atoms with van der Waals surface area (Å²) in [7, 11) is 0. The van der Waals surface area contributed by atoms with Crippen LogP contribution in [0.2, 0.25) is 0 Å². The average Bonchev–Trinajstić information content (AvgIpc) is 3.51. The predicted octanol–water partition coefficient (Wildman–Crippen LogP) is 3.82. The molecular weight excluding hydrogens is 446 g/mol. The smallest absolute Gasteiger partial charge is 0.408 e. The van der Waals surface area contributed by atoms with Crippen molar-refractivity contribution in [2.75, 3.05) is 6.54 Å². The first-order valence-corrected chi connectivity index (χ1v) is 11.9. The molecule has 1 fully saturated rings. The van der Waals surface area contributed by atoms with Crippen molar-refractivity contribution in [2.24, 2.45) is 5.92 Å². The summed E-state index contributed by atoms with van der Waals surface area (Å²) < 4.78 is 5.24. The number of benzene rings is 2. The van der Waals surface area contributed by atoms with Gasteiger partial charge in [-0.05, 0) is 51.2 Å². The lowest BCUT2D eigenvalue weighted by molar-refractivity contribution is -0.141. The fourth-order valence-corrected chi connectivity index (χ4v) is 3.97. The molecule has 2 aromatic rings. The molecule has 1 aliphatic carbocycles. The first-order chi connectivity index (χ1) is 16.5. The molecule has 8 nitrogen and oxygen atoms in total. The molecule has 8 heteroatoms. The number of rotatable bonds is 8. The minimum atomic E-state index is -1.05. The summed E-state index contributed by atoms with van der Waals surface area (Å²) in [6.07, 6.45) is 0.0193. The number of hydrogen-bond donors (Lipinski definition) is 3. The molecule has 35 heavy (non-hydrogen) atoms. The third kappa shape index (κ3) is 6.97. The summed E-state index contributed by atoms with van der Waals surface area (Å²) in [4.78, 5) is 40.6. The number of nitrogens with zero attached hydrogens (tertiary/aromatic N) is 1. The van der Waals surface area contributed by atoms with Crippen molar-refractivity contribution in [3.63, 3.8) is 0 Å². The molecule has 3 N–H and O–H groups in total. The summed E-state index contributed by atoms with van der Waals surface area (Å²) in [6, 6.07) is 13.4. The van der Waals surface area contributed by atoms with Crippen LogP contribution in [0.1, 0.15) is 56.8 Å². The van der Waals surface area contributed by atoms with E-state index in [-0.39, 0.29) is 30.8 Å². The molecule has 3 amide bonds. The molecule has 188 valence electrons. The van der Waals surface area contributed by atoms with Gasteiger partial charge < -0.3 is 25.4 Å². The van der Waals surface area contributed by atoms with Gasteiger partial charge in [0.05, 0.1) is 0 Å². The van der Waals surface area contributed by atoms with E-state index >= 15 is 0 Å². The molecule has 0 aromatic heterocycles. The number of para-hydroxylation sites is 1. The van der Waals surface area contributed by atoms with Crippen LogP contribution in [0.5, 0.6) is 5.75 Å². The van der Waals surface area contributed by atoms with E-state index in [0.717, 1.165) is 12.0 Å². The van der Waals surface area contributed by atoms with Crippen LogP contribution >= 0.6 is 0 Å². The number of aromatic hydroxyl groups is 1. The Morgan fingerprint density at radius 2 is 1.74 bits per heavy atom. The highest BCUT2D eigenvalue weighted by Crippen LogP contribution is 2.42. The molecular formula is C27H35N3O5. The highest BCUT2D eigenvalue weighted by Gasteiger charge is 2.47. The van der Waals surface area contributed by atoms with Crippen LogP contribution in [0.3, 0.4) is 0 Å². The molecule has 2 aromatic carbocycles. The molecule has 1 aliphatic rings. The Morgan fingerprint density at radius 1 is 1.09 bits per heavy atom. The first-order valence-electron chi connectivity index (χ1n) is 11.9. The Balaban J connectivity index is 1.88. The number of carbonyl (C=O) groups is 3. The quantitative estimate of drug-likeness (QED) is 0.531. The summed E-state index contributed by atoms with van der Waals surface area (Å²) in [5.41, 5.74) is 1.16. The summed E-state index contributed by atoms with van der Waals surface area (Å²) in [5, 5.41) is 16.3. The number of phenolic OH excluding ortho intramolecular Hbond substituents is 1. The van der Waals surface area contributed by atoms with E-state index in [4.69, 9.17) is 4.74 Å². The van der Waals surface area contributed by atoms with Gasteiger partial charge in [0, 0.05) is 18.2 Å². The summed E-state index contributed by atoms with van der Waals surface area (Å²) in [6.45, 7) is 8.91. The molecule has 0 heterocycles. The van der Waals surface area contributed by atoms with Crippen molar-refractivity contribution < 1.29 is 24.2 Å². The standard InChI is InChI=1S/C27H35N3O5/c1-17-10-9-13-20(24(17)32)23(25(33)28-15-19-11-7-6-8-12-19)30(21-14-18(21)2)22(31)16-29-26(34)35-27(3,4)5/h6-13,18,21,23,32H,14-16H2,1-5H3,(H,28,33)(H,29,34). The second-order valence-electron chi connectivity index (χ2n) is 10.1. The van der Waals surface area contributed by atoms with Gasteiger partial charge in [-0.2, -0.15) is 0 Å². The summed E-state index contributed by atoms with van der Waals surface area (Å²) >= 11 is 0. The zero-order chi connectivity index (χ0) is 25.8. The molecule has 0 bridgehead atoms. The van der Waals surface area contributed by atoms with Gasteiger partial charge >= 0.3 is 6.09 Å². The van der Waals surface area contributed by atoms with Crippen LogP contribution in [0.25, 0.3) is 0 Å². The Kier molecular flexibility index (Phi) is 8.04. The van der Waals surface area contributed by atoms with Crippen LogP contribution in [-0.4, -0.2) is 46.1 Å². The van der Waals surface area contributed by atoms with Gasteiger partial charge in [-0.25, -0.2) is 4.79 Å². The number of nitrogens with one attached hydrogen (secondary N) is 2. The van der Waals surface area contributed by atoms with Crippen molar-refractivity contribution in [3.8, 4) is 5.75 Å². The normalized spacial score (nSPS) is 17.7. The van der Waals surface area contributed by atoms with Gasteiger partial charge in [-0.3, -0.25) is 9.59 Å². The maximum atomic E-state index is 13.6. The Hall–Kier alpha value is -3.55. The number of aryl methyl sites for hydroxylation is 1. The van der Waals surface area contributed by atoms with Crippen LogP contribution in [0, 0.1) is 12.8 Å². The fourth-order valence-electron chi connectivity index (χ4n) is 3.97. The molecule has 0 radical (unpaired) electrons. The van der Waals surface area contributed by atoms with Gasteiger partial charge in [0.15, 0.2) is 0 Å². The van der Waals surface area contributed by atoms with E-state index in [1.165, 1.54) is 4.90 Å². The van der Waals surface area contributed by atoms with Crippen molar-refractivity contribution in [3.05, 3.63) is 65.2 Å². The molecule has 1 saturated carbocycles. The second kappa shape index (κ2) is 10.8. The van der Waals surface area contributed by atoms with Crippen LogP contribution in [0.4, 0.5) is 4.79 Å². The SMILES string of the molecule is Cc1cccc(C(C(=O)NCc2ccccc2)N(C(=O)CNC(=O)OC(C)(C)C)C2CC2C)c1O. The van der Waals surface area contributed by atoms with Crippen molar-refractivity contribution >= 4 is 17.9 Å². The Morgan fingerprint density at radius 3 is 2.34 bits per heavy atom. The monoisotopic (exact) mass is 481 g/mol. The summed E-state index contributed by atoms with van der Waals surface area (Å²) in [5.74, 6) is -0.666. The maximum absolute atomic E-state index is 13.6. The Labute approximate surface area is 206 Å². The minimum Gasteiger partial charge on any atom is -0.507 e. The first kappa shape index (κ1) is 26.1. The van der Waals surface area contributed by atoms with Gasteiger partial charge in [-0.1, -0.05) is 55.5 Å². The number of carbonyl (C=O) groups excluding carboxylic acids is 3.